The van der Waals surface area contributed by atoms with Crippen molar-refractivity contribution in [2.75, 3.05) is 4.90 Å². The van der Waals surface area contributed by atoms with Crippen LogP contribution in [0.3, 0.4) is 0 Å². The standard InChI is InChI=1S/C20H15N3O3/c24-17-10-8-14(9-11-17)22-12-4-7-16(22)13-18-19(25)23(20(26)21-18)15-5-2-1-3-6-15/h1-13,24H,(H,21,26)/b18-13+. The number of phenolic OH excluding ortho intramolecular Hbond substituents is 1. The number of amides is 3. The molecule has 3 amide bonds. The maximum absolute atomic E-state index is 12.7. The fraction of sp³-hybridized carbons (Fsp3) is 0. The molecule has 2 N–H and O–H groups in total. The maximum atomic E-state index is 12.7. The van der Waals surface area contributed by atoms with E-state index in [1.807, 2.05) is 29.0 Å². The van der Waals surface area contributed by atoms with Crippen LogP contribution in [0.25, 0.3) is 11.8 Å². The van der Waals surface area contributed by atoms with Gasteiger partial charge < -0.3 is 15.0 Å². The van der Waals surface area contributed by atoms with Crippen LogP contribution in [0.5, 0.6) is 5.75 Å². The fourth-order valence-corrected chi connectivity index (χ4v) is 2.85. The van der Waals surface area contributed by atoms with Crippen molar-refractivity contribution in [2.24, 2.45) is 0 Å². The summed E-state index contributed by atoms with van der Waals surface area (Å²) in [5.74, 6) is -0.225. The molecule has 26 heavy (non-hydrogen) atoms. The zero-order valence-electron chi connectivity index (χ0n) is 13.7. The Bertz CT molecular complexity index is 1000. The second kappa shape index (κ2) is 6.25. The minimum atomic E-state index is -0.477. The predicted molar refractivity (Wildman–Crippen MR) is 97.9 cm³/mol. The van der Waals surface area contributed by atoms with E-state index in [4.69, 9.17) is 0 Å². The second-order valence-corrected chi connectivity index (χ2v) is 5.78. The van der Waals surface area contributed by atoms with Crippen LogP contribution in [0.1, 0.15) is 5.69 Å². The minimum absolute atomic E-state index is 0.178. The van der Waals surface area contributed by atoms with Crippen LogP contribution in [0.4, 0.5) is 10.5 Å². The Balaban J connectivity index is 1.68. The van der Waals surface area contributed by atoms with Crippen molar-refractivity contribution in [3.63, 3.8) is 0 Å². The van der Waals surface area contributed by atoms with Crippen molar-refractivity contribution >= 4 is 23.7 Å². The monoisotopic (exact) mass is 345 g/mol. The van der Waals surface area contributed by atoms with Gasteiger partial charge in [0.1, 0.15) is 11.4 Å². The first-order valence-corrected chi connectivity index (χ1v) is 8.02. The number of carbonyl (C=O) groups excluding carboxylic acids is 2. The number of nitrogens with one attached hydrogen (secondary N) is 1. The molecule has 1 aromatic heterocycles. The first kappa shape index (κ1) is 15.7. The molecule has 4 rings (SSSR count). The number of aromatic nitrogens is 1. The largest absolute Gasteiger partial charge is 0.508 e. The summed E-state index contributed by atoms with van der Waals surface area (Å²) in [7, 11) is 0. The molecule has 0 unspecified atom stereocenters. The molecular formula is C20H15N3O3. The van der Waals surface area contributed by atoms with Crippen LogP contribution >= 0.6 is 0 Å². The fourth-order valence-electron chi connectivity index (χ4n) is 2.85. The summed E-state index contributed by atoms with van der Waals surface area (Å²) in [6.45, 7) is 0. The van der Waals surface area contributed by atoms with Gasteiger partial charge in [-0.25, -0.2) is 9.69 Å². The first-order chi connectivity index (χ1) is 12.6. The van der Waals surface area contributed by atoms with E-state index in [2.05, 4.69) is 5.32 Å². The number of benzene rings is 2. The van der Waals surface area contributed by atoms with E-state index >= 15 is 0 Å². The highest BCUT2D eigenvalue weighted by Gasteiger charge is 2.34. The number of carbonyl (C=O) groups is 2. The van der Waals surface area contributed by atoms with E-state index in [1.54, 1.807) is 54.6 Å². The molecule has 2 aromatic carbocycles. The van der Waals surface area contributed by atoms with Gasteiger partial charge in [0.05, 0.1) is 5.69 Å². The average molecular weight is 345 g/mol. The van der Waals surface area contributed by atoms with Gasteiger partial charge in [0.15, 0.2) is 0 Å². The number of imide groups is 1. The second-order valence-electron chi connectivity index (χ2n) is 5.78. The zero-order chi connectivity index (χ0) is 18.1. The molecule has 0 bridgehead atoms. The van der Waals surface area contributed by atoms with Crippen LogP contribution in [0.2, 0.25) is 0 Å². The van der Waals surface area contributed by atoms with Crippen molar-refractivity contribution in [1.29, 1.82) is 0 Å². The van der Waals surface area contributed by atoms with Gasteiger partial charge in [-0.05, 0) is 54.6 Å². The lowest BCUT2D eigenvalue weighted by atomic mass is 10.2. The SMILES string of the molecule is O=C1N/C(=C/c2cccn2-c2ccc(O)cc2)C(=O)N1c1ccccc1. The van der Waals surface area contributed by atoms with Gasteiger partial charge in [0, 0.05) is 17.6 Å². The van der Waals surface area contributed by atoms with Gasteiger partial charge in [-0.15, -0.1) is 0 Å². The lowest BCUT2D eigenvalue weighted by Crippen LogP contribution is -2.30. The molecule has 3 aromatic rings. The zero-order valence-corrected chi connectivity index (χ0v) is 13.7. The van der Waals surface area contributed by atoms with E-state index in [0.717, 1.165) is 16.3 Å². The van der Waals surface area contributed by atoms with Gasteiger partial charge in [0.2, 0.25) is 0 Å². The number of hydrogen-bond acceptors (Lipinski definition) is 3. The number of phenols is 1. The van der Waals surface area contributed by atoms with E-state index in [0.29, 0.717) is 5.69 Å². The van der Waals surface area contributed by atoms with Crippen molar-refractivity contribution in [2.45, 2.75) is 0 Å². The van der Waals surface area contributed by atoms with Crippen LogP contribution in [0, 0.1) is 0 Å². The first-order valence-electron chi connectivity index (χ1n) is 8.02. The summed E-state index contributed by atoms with van der Waals surface area (Å²) < 4.78 is 1.86. The van der Waals surface area contributed by atoms with Crippen LogP contribution < -0.4 is 10.2 Å². The van der Waals surface area contributed by atoms with E-state index in [1.165, 1.54) is 0 Å². The summed E-state index contributed by atoms with van der Waals surface area (Å²) in [4.78, 5) is 26.0. The number of rotatable bonds is 3. The van der Waals surface area contributed by atoms with Crippen molar-refractivity contribution in [1.82, 2.24) is 9.88 Å². The molecule has 0 radical (unpaired) electrons. The number of para-hydroxylation sites is 1. The lowest BCUT2D eigenvalue weighted by molar-refractivity contribution is -0.113. The van der Waals surface area contributed by atoms with E-state index in [9.17, 15) is 14.7 Å². The number of hydrogen-bond donors (Lipinski definition) is 2. The highest BCUT2D eigenvalue weighted by molar-refractivity contribution is 6.28. The minimum Gasteiger partial charge on any atom is -0.508 e. The topological polar surface area (TPSA) is 74.6 Å². The Hall–Kier alpha value is -3.80. The Kier molecular flexibility index (Phi) is 3.78. The third-order valence-electron chi connectivity index (χ3n) is 4.09. The highest BCUT2D eigenvalue weighted by Crippen LogP contribution is 2.23. The quantitative estimate of drug-likeness (QED) is 0.565. The lowest BCUT2D eigenvalue weighted by Gasteiger charge is -2.11. The summed E-state index contributed by atoms with van der Waals surface area (Å²) in [5.41, 5.74) is 2.29. The summed E-state index contributed by atoms with van der Waals surface area (Å²) in [5, 5.41) is 12.1. The molecule has 1 fully saturated rings. The molecule has 0 aliphatic carbocycles. The van der Waals surface area contributed by atoms with Gasteiger partial charge in [-0.1, -0.05) is 18.2 Å². The average Bonchev–Trinajstić information content (AvgIpc) is 3.21. The van der Waals surface area contributed by atoms with Crippen LogP contribution in [-0.4, -0.2) is 21.6 Å². The molecule has 6 heteroatoms. The van der Waals surface area contributed by atoms with Gasteiger partial charge in [-0.2, -0.15) is 0 Å². The van der Waals surface area contributed by atoms with Crippen molar-refractivity contribution in [3.8, 4) is 11.4 Å². The summed E-state index contributed by atoms with van der Waals surface area (Å²) >= 11 is 0. The molecule has 0 atom stereocenters. The van der Waals surface area contributed by atoms with Crippen LogP contribution in [-0.2, 0) is 4.79 Å². The van der Waals surface area contributed by atoms with Gasteiger partial charge in [-0.3, -0.25) is 4.79 Å². The highest BCUT2D eigenvalue weighted by atomic mass is 16.3. The third-order valence-corrected chi connectivity index (χ3v) is 4.09. The number of urea groups is 1. The number of nitrogens with zero attached hydrogens (tertiary/aromatic N) is 2. The van der Waals surface area contributed by atoms with Crippen molar-refractivity contribution in [3.05, 3.63) is 84.3 Å². The van der Waals surface area contributed by atoms with Crippen LogP contribution in [0.15, 0.2) is 78.6 Å². The molecular weight excluding hydrogens is 330 g/mol. The summed E-state index contributed by atoms with van der Waals surface area (Å²) in [6.07, 6.45) is 3.48. The van der Waals surface area contributed by atoms with Crippen molar-refractivity contribution < 1.29 is 14.7 Å². The smallest absolute Gasteiger partial charge is 0.333 e. The molecule has 0 spiro atoms. The maximum Gasteiger partial charge on any atom is 0.333 e. The van der Waals surface area contributed by atoms with Gasteiger partial charge >= 0.3 is 6.03 Å². The predicted octanol–water partition coefficient (Wildman–Crippen LogP) is 3.28. The molecule has 1 aliphatic heterocycles. The number of anilines is 1. The molecule has 1 aliphatic rings. The molecule has 1 saturated heterocycles. The van der Waals surface area contributed by atoms with E-state index < -0.39 is 11.9 Å². The van der Waals surface area contributed by atoms with Gasteiger partial charge in [0.25, 0.3) is 5.91 Å². The number of aromatic hydroxyl groups is 1. The molecule has 6 nitrogen and oxygen atoms in total. The molecule has 0 saturated carbocycles. The van der Waals surface area contributed by atoms with E-state index in [-0.39, 0.29) is 11.4 Å². The Labute approximate surface area is 149 Å². The summed E-state index contributed by atoms with van der Waals surface area (Å²) in [6, 6.07) is 18.7. The Morgan fingerprint density at radius 2 is 1.58 bits per heavy atom. The molecule has 2 heterocycles. The Morgan fingerprint density at radius 1 is 0.846 bits per heavy atom. The Morgan fingerprint density at radius 3 is 2.31 bits per heavy atom. The third kappa shape index (κ3) is 2.73. The molecule has 128 valence electrons. The normalized spacial score (nSPS) is 15.5.